The van der Waals surface area contributed by atoms with Gasteiger partial charge in [0.25, 0.3) is 0 Å². The van der Waals surface area contributed by atoms with Gasteiger partial charge in [-0.3, -0.25) is 9.69 Å². The van der Waals surface area contributed by atoms with Gasteiger partial charge < -0.3 is 10.1 Å². The molecule has 5 heteroatoms. The van der Waals surface area contributed by atoms with E-state index in [1.54, 1.807) is 6.20 Å². The molecule has 0 saturated carbocycles. The van der Waals surface area contributed by atoms with Crippen LogP contribution >= 0.6 is 0 Å². The quantitative estimate of drug-likeness (QED) is 0.927. The zero-order valence-electron chi connectivity index (χ0n) is 14.0. The molecular formula is C18H27N3O2. The molecule has 0 radical (unpaired) electrons. The van der Waals surface area contributed by atoms with Crippen LogP contribution < -0.4 is 5.32 Å². The summed E-state index contributed by atoms with van der Waals surface area (Å²) in [6, 6.07) is 3.85. The summed E-state index contributed by atoms with van der Waals surface area (Å²) in [5, 5.41) is 3.00. The van der Waals surface area contributed by atoms with Crippen LogP contribution in [0.1, 0.15) is 37.7 Å². The van der Waals surface area contributed by atoms with E-state index >= 15 is 0 Å². The molecule has 3 heterocycles. The fraction of sp³-hybridized carbons (Fsp3) is 0.667. The van der Waals surface area contributed by atoms with Gasteiger partial charge in [0.05, 0.1) is 12.0 Å². The first-order chi connectivity index (χ1) is 11.2. The van der Waals surface area contributed by atoms with Crippen molar-refractivity contribution in [3.63, 3.8) is 0 Å². The zero-order valence-corrected chi connectivity index (χ0v) is 14.0. The molecule has 3 rings (SSSR count). The molecule has 1 aromatic rings. The Labute approximate surface area is 138 Å². The van der Waals surface area contributed by atoms with Crippen LogP contribution in [0.5, 0.6) is 0 Å². The topological polar surface area (TPSA) is 54.5 Å². The van der Waals surface area contributed by atoms with Crippen molar-refractivity contribution in [1.29, 1.82) is 0 Å². The third-order valence-electron chi connectivity index (χ3n) is 4.86. The molecule has 2 atom stereocenters. The smallest absolute Gasteiger partial charge is 0.229 e. The maximum Gasteiger partial charge on any atom is 0.229 e. The molecule has 5 nitrogen and oxygen atoms in total. The van der Waals surface area contributed by atoms with E-state index in [0.717, 1.165) is 51.1 Å². The molecule has 126 valence electrons. The summed E-state index contributed by atoms with van der Waals surface area (Å²) >= 11 is 0. The van der Waals surface area contributed by atoms with Crippen LogP contribution in [0.15, 0.2) is 18.3 Å². The Morgan fingerprint density at radius 2 is 2.30 bits per heavy atom. The van der Waals surface area contributed by atoms with Gasteiger partial charge >= 0.3 is 0 Å². The van der Waals surface area contributed by atoms with Crippen molar-refractivity contribution in [2.75, 3.05) is 31.6 Å². The van der Waals surface area contributed by atoms with Gasteiger partial charge in [0.2, 0.25) is 5.91 Å². The number of likely N-dealkylation sites (tertiary alicyclic amines) is 1. The van der Waals surface area contributed by atoms with Crippen LogP contribution in [0.25, 0.3) is 0 Å². The summed E-state index contributed by atoms with van der Waals surface area (Å²) in [7, 11) is 0. The van der Waals surface area contributed by atoms with Crippen molar-refractivity contribution in [2.45, 2.75) is 45.1 Å². The summed E-state index contributed by atoms with van der Waals surface area (Å²) in [6.45, 7) is 5.73. The summed E-state index contributed by atoms with van der Waals surface area (Å²) in [4.78, 5) is 19.2. The Morgan fingerprint density at radius 3 is 3.09 bits per heavy atom. The lowest BCUT2D eigenvalue weighted by Crippen LogP contribution is -2.44. The Hall–Kier alpha value is -1.46. The highest BCUT2D eigenvalue weighted by Crippen LogP contribution is 2.21. The summed E-state index contributed by atoms with van der Waals surface area (Å²) in [6.07, 6.45) is 7.71. The molecule has 23 heavy (non-hydrogen) atoms. The first-order valence-electron chi connectivity index (χ1n) is 8.79. The molecular weight excluding hydrogens is 290 g/mol. The monoisotopic (exact) mass is 317 g/mol. The second-order valence-corrected chi connectivity index (χ2v) is 6.75. The molecule has 2 saturated heterocycles. The van der Waals surface area contributed by atoms with Crippen molar-refractivity contribution in [3.8, 4) is 0 Å². The van der Waals surface area contributed by atoms with Crippen molar-refractivity contribution >= 4 is 11.7 Å². The van der Waals surface area contributed by atoms with E-state index < -0.39 is 0 Å². The number of nitrogens with zero attached hydrogens (tertiary/aromatic N) is 2. The molecule has 2 fully saturated rings. The average molecular weight is 317 g/mol. The third-order valence-corrected chi connectivity index (χ3v) is 4.86. The zero-order chi connectivity index (χ0) is 16.1. The predicted molar refractivity (Wildman–Crippen MR) is 90.4 cm³/mol. The van der Waals surface area contributed by atoms with E-state index in [1.165, 1.54) is 12.8 Å². The minimum Gasteiger partial charge on any atom is -0.377 e. The Balaban J connectivity index is 1.53. The number of aryl methyl sites for hydroxylation is 1. The van der Waals surface area contributed by atoms with Crippen molar-refractivity contribution < 1.29 is 9.53 Å². The van der Waals surface area contributed by atoms with E-state index in [9.17, 15) is 4.79 Å². The maximum absolute atomic E-state index is 12.5. The number of ether oxygens (including phenoxy) is 1. The minimum atomic E-state index is 0.0498. The van der Waals surface area contributed by atoms with Gasteiger partial charge in [0, 0.05) is 25.9 Å². The highest BCUT2D eigenvalue weighted by atomic mass is 16.5. The number of aromatic nitrogens is 1. The Morgan fingerprint density at radius 1 is 1.39 bits per heavy atom. The molecule has 0 bridgehead atoms. The normalized spacial score (nSPS) is 26.0. The number of amides is 1. The number of carbonyl (C=O) groups excluding carboxylic acids is 1. The molecule has 2 aliphatic rings. The van der Waals surface area contributed by atoms with E-state index in [4.69, 9.17) is 4.74 Å². The van der Waals surface area contributed by atoms with Crippen molar-refractivity contribution in [2.24, 2.45) is 5.92 Å². The first-order valence-corrected chi connectivity index (χ1v) is 8.79. The summed E-state index contributed by atoms with van der Waals surface area (Å²) in [5.74, 6) is 0.833. The molecule has 1 N–H and O–H groups in total. The number of carbonyl (C=O) groups is 1. The van der Waals surface area contributed by atoms with Gasteiger partial charge in [-0.2, -0.15) is 0 Å². The van der Waals surface area contributed by atoms with Gasteiger partial charge in [0.15, 0.2) is 0 Å². The lowest BCUT2D eigenvalue weighted by Gasteiger charge is -2.35. The fourth-order valence-corrected chi connectivity index (χ4v) is 3.51. The van der Waals surface area contributed by atoms with Crippen LogP contribution in [-0.2, 0) is 9.53 Å². The Kier molecular flexibility index (Phi) is 5.62. The van der Waals surface area contributed by atoms with Crippen LogP contribution in [0, 0.1) is 12.8 Å². The molecule has 2 aliphatic heterocycles. The molecule has 0 unspecified atom stereocenters. The predicted octanol–water partition coefficient (Wildman–Crippen LogP) is 2.61. The number of pyridine rings is 1. The van der Waals surface area contributed by atoms with Gasteiger partial charge in [0.1, 0.15) is 5.82 Å². The summed E-state index contributed by atoms with van der Waals surface area (Å²) < 4.78 is 5.84. The first kappa shape index (κ1) is 16.4. The Bertz CT molecular complexity index is 529. The number of rotatable bonds is 4. The van der Waals surface area contributed by atoms with Crippen LogP contribution in [-0.4, -0.2) is 48.1 Å². The lowest BCUT2D eigenvalue weighted by atomic mass is 9.96. The fourth-order valence-electron chi connectivity index (χ4n) is 3.51. The molecule has 0 aliphatic carbocycles. The number of anilines is 1. The molecule has 1 aromatic heterocycles. The molecule has 1 amide bonds. The van der Waals surface area contributed by atoms with Gasteiger partial charge in [-0.15, -0.1) is 0 Å². The highest BCUT2D eigenvalue weighted by molar-refractivity contribution is 5.92. The number of piperidine rings is 1. The highest BCUT2D eigenvalue weighted by Gasteiger charge is 2.28. The lowest BCUT2D eigenvalue weighted by molar-refractivity contribution is -0.122. The number of nitrogens with one attached hydrogen (secondary N) is 1. The van der Waals surface area contributed by atoms with E-state index in [0.29, 0.717) is 11.9 Å². The van der Waals surface area contributed by atoms with Crippen molar-refractivity contribution in [1.82, 2.24) is 9.88 Å². The van der Waals surface area contributed by atoms with Crippen LogP contribution in [0.4, 0.5) is 5.82 Å². The second kappa shape index (κ2) is 7.88. The average Bonchev–Trinajstić information content (AvgIpc) is 2.58. The van der Waals surface area contributed by atoms with Crippen molar-refractivity contribution in [3.05, 3.63) is 23.9 Å². The van der Waals surface area contributed by atoms with Crippen LogP contribution in [0.3, 0.4) is 0 Å². The maximum atomic E-state index is 12.5. The van der Waals surface area contributed by atoms with Gasteiger partial charge in [-0.05, 0) is 57.2 Å². The standard InChI is InChI=1S/C18H27N3O2/c1-14-6-4-9-19-17(14)20-18(22)15-7-5-10-21(12-15)13-16-8-2-3-11-23-16/h4,6,9,15-16H,2-3,5,7-8,10-13H2,1H3,(H,19,20,22)/t15-,16+/m1/s1. The van der Waals surface area contributed by atoms with E-state index in [1.807, 2.05) is 19.1 Å². The largest absolute Gasteiger partial charge is 0.377 e. The molecule has 0 spiro atoms. The minimum absolute atomic E-state index is 0.0498. The number of hydrogen-bond acceptors (Lipinski definition) is 4. The number of hydrogen-bond donors (Lipinski definition) is 1. The SMILES string of the molecule is Cc1cccnc1NC(=O)[C@@H]1CCCN(C[C@@H]2CCCCO2)C1. The summed E-state index contributed by atoms with van der Waals surface area (Å²) in [5.41, 5.74) is 1.00. The van der Waals surface area contributed by atoms with Gasteiger partial charge in [-0.1, -0.05) is 6.07 Å². The van der Waals surface area contributed by atoms with E-state index in [-0.39, 0.29) is 11.8 Å². The van der Waals surface area contributed by atoms with E-state index in [2.05, 4.69) is 15.2 Å². The molecule has 0 aromatic carbocycles. The second-order valence-electron chi connectivity index (χ2n) is 6.75. The van der Waals surface area contributed by atoms with Crippen LogP contribution in [0.2, 0.25) is 0 Å². The third kappa shape index (κ3) is 4.52. The van der Waals surface area contributed by atoms with Gasteiger partial charge in [-0.25, -0.2) is 4.98 Å².